The zero-order valence-electron chi connectivity index (χ0n) is 16.7. The van der Waals surface area contributed by atoms with Crippen LogP contribution >= 0.6 is 0 Å². The first-order valence-corrected chi connectivity index (χ1v) is 11.1. The number of amides is 1. The molecule has 2 aromatic carbocycles. The van der Waals surface area contributed by atoms with Crippen molar-refractivity contribution in [3.8, 4) is 5.75 Å². The third-order valence-corrected chi connectivity index (χ3v) is 6.78. The van der Waals surface area contributed by atoms with Gasteiger partial charge in [-0.05, 0) is 30.7 Å². The fraction of sp³-hybridized carbons (Fsp3) is 0.318. The molecule has 1 fully saturated rings. The van der Waals surface area contributed by atoms with Crippen molar-refractivity contribution in [2.75, 3.05) is 33.3 Å². The van der Waals surface area contributed by atoms with Crippen molar-refractivity contribution >= 4 is 22.0 Å². The number of sulfonamides is 1. The van der Waals surface area contributed by atoms with E-state index in [9.17, 15) is 13.2 Å². The lowest BCUT2D eigenvalue weighted by Gasteiger charge is -2.33. The highest BCUT2D eigenvalue weighted by atomic mass is 32.2. The number of rotatable bonds is 6. The summed E-state index contributed by atoms with van der Waals surface area (Å²) in [6.45, 7) is 3.35. The molecule has 7 heteroatoms. The molecule has 0 aliphatic carbocycles. The van der Waals surface area contributed by atoms with Crippen LogP contribution in [0.1, 0.15) is 16.7 Å². The van der Waals surface area contributed by atoms with Crippen LogP contribution in [0.3, 0.4) is 0 Å². The standard InChI is InChI=1S/C22H26N2O4S/c1-18-8-10-21(28-2)20(16-18)9-11-22(25)23-12-14-24(15-13-23)29(26,27)17-19-6-4-3-5-7-19/h3-11,16H,12-15,17H2,1-2H3/b11-9+. The average Bonchev–Trinajstić information content (AvgIpc) is 2.72. The molecule has 2 aromatic rings. The van der Waals surface area contributed by atoms with Crippen LogP contribution < -0.4 is 4.74 Å². The number of aryl methyl sites for hydroxylation is 1. The summed E-state index contributed by atoms with van der Waals surface area (Å²) < 4.78 is 32.1. The summed E-state index contributed by atoms with van der Waals surface area (Å²) >= 11 is 0. The summed E-state index contributed by atoms with van der Waals surface area (Å²) in [6, 6.07) is 14.9. The van der Waals surface area contributed by atoms with Gasteiger partial charge in [-0.3, -0.25) is 4.79 Å². The second kappa shape index (κ2) is 9.24. The normalized spacial score (nSPS) is 15.6. The monoisotopic (exact) mass is 414 g/mol. The lowest BCUT2D eigenvalue weighted by molar-refractivity contribution is -0.127. The summed E-state index contributed by atoms with van der Waals surface area (Å²) in [6.07, 6.45) is 3.26. The van der Waals surface area contributed by atoms with Crippen LogP contribution in [0.25, 0.3) is 6.08 Å². The molecule has 1 amide bonds. The van der Waals surface area contributed by atoms with Gasteiger partial charge >= 0.3 is 0 Å². The maximum atomic E-state index is 12.6. The Balaban J connectivity index is 1.59. The summed E-state index contributed by atoms with van der Waals surface area (Å²) in [4.78, 5) is 14.2. The lowest BCUT2D eigenvalue weighted by atomic mass is 10.1. The van der Waals surface area contributed by atoms with Crippen molar-refractivity contribution in [2.24, 2.45) is 0 Å². The van der Waals surface area contributed by atoms with Crippen LogP contribution in [0.4, 0.5) is 0 Å². The number of benzene rings is 2. The Hall–Kier alpha value is -2.64. The van der Waals surface area contributed by atoms with E-state index in [1.165, 1.54) is 10.4 Å². The van der Waals surface area contributed by atoms with Crippen LogP contribution in [-0.4, -0.2) is 56.8 Å². The largest absolute Gasteiger partial charge is 0.496 e. The van der Waals surface area contributed by atoms with Gasteiger partial charge in [0.2, 0.25) is 15.9 Å². The number of ether oxygens (including phenoxy) is 1. The van der Waals surface area contributed by atoms with Gasteiger partial charge in [0.1, 0.15) is 5.75 Å². The van der Waals surface area contributed by atoms with E-state index in [1.54, 1.807) is 18.1 Å². The van der Waals surface area contributed by atoms with Crippen LogP contribution in [0.15, 0.2) is 54.6 Å². The zero-order valence-corrected chi connectivity index (χ0v) is 17.6. The molecule has 3 rings (SSSR count). The average molecular weight is 415 g/mol. The number of hydrogen-bond donors (Lipinski definition) is 0. The Kier molecular flexibility index (Phi) is 6.71. The Morgan fingerprint density at radius 2 is 1.76 bits per heavy atom. The first kappa shape index (κ1) is 21.1. The predicted molar refractivity (Wildman–Crippen MR) is 114 cm³/mol. The van der Waals surface area contributed by atoms with Gasteiger partial charge in [-0.15, -0.1) is 0 Å². The number of carbonyl (C=O) groups is 1. The third kappa shape index (κ3) is 5.46. The molecule has 0 saturated carbocycles. The summed E-state index contributed by atoms with van der Waals surface area (Å²) in [5, 5.41) is 0. The SMILES string of the molecule is COc1ccc(C)cc1/C=C/C(=O)N1CCN(S(=O)(=O)Cc2ccccc2)CC1. The van der Waals surface area contributed by atoms with E-state index in [0.717, 1.165) is 16.7 Å². The first-order chi connectivity index (χ1) is 13.9. The molecule has 1 aliphatic heterocycles. The highest BCUT2D eigenvalue weighted by Crippen LogP contribution is 2.21. The Labute approximate surface area is 172 Å². The van der Waals surface area contributed by atoms with Crippen LogP contribution in [-0.2, 0) is 20.6 Å². The molecule has 0 spiro atoms. The van der Waals surface area contributed by atoms with E-state index in [-0.39, 0.29) is 11.7 Å². The van der Waals surface area contributed by atoms with Crippen molar-refractivity contribution in [1.82, 2.24) is 9.21 Å². The minimum atomic E-state index is -3.39. The highest BCUT2D eigenvalue weighted by Gasteiger charge is 2.28. The van der Waals surface area contributed by atoms with E-state index < -0.39 is 10.0 Å². The second-order valence-corrected chi connectivity index (χ2v) is 9.01. The van der Waals surface area contributed by atoms with Gasteiger partial charge in [-0.2, -0.15) is 4.31 Å². The van der Waals surface area contributed by atoms with Crippen molar-refractivity contribution < 1.29 is 17.9 Å². The molecular formula is C22H26N2O4S. The van der Waals surface area contributed by atoms with Crippen molar-refractivity contribution in [1.29, 1.82) is 0 Å². The van der Waals surface area contributed by atoms with Crippen molar-refractivity contribution in [2.45, 2.75) is 12.7 Å². The van der Waals surface area contributed by atoms with Gasteiger partial charge in [0.25, 0.3) is 0 Å². The van der Waals surface area contributed by atoms with Gasteiger partial charge in [0, 0.05) is 37.8 Å². The fourth-order valence-corrected chi connectivity index (χ4v) is 4.83. The molecule has 154 valence electrons. The smallest absolute Gasteiger partial charge is 0.246 e. The Bertz CT molecular complexity index is 979. The molecule has 1 aliphatic rings. The topological polar surface area (TPSA) is 66.9 Å². The van der Waals surface area contributed by atoms with Gasteiger partial charge in [0.05, 0.1) is 12.9 Å². The van der Waals surface area contributed by atoms with E-state index in [4.69, 9.17) is 4.74 Å². The number of piperazine rings is 1. The van der Waals surface area contributed by atoms with Crippen LogP contribution in [0.2, 0.25) is 0 Å². The zero-order chi connectivity index (χ0) is 20.9. The quantitative estimate of drug-likeness (QED) is 0.682. The molecule has 1 saturated heterocycles. The van der Waals surface area contributed by atoms with Crippen molar-refractivity contribution in [3.63, 3.8) is 0 Å². The van der Waals surface area contributed by atoms with E-state index in [1.807, 2.05) is 55.5 Å². The first-order valence-electron chi connectivity index (χ1n) is 9.52. The summed E-state index contributed by atoms with van der Waals surface area (Å²) in [7, 11) is -1.80. The summed E-state index contributed by atoms with van der Waals surface area (Å²) in [5.74, 6) is 0.555. The van der Waals surface area contributed by atoms with Crippen LogP contribution in [0.5, 0.6) is 5.75 Å². The minimum absolute atomic E-state index is 0.0190. The molecule has 0 atom stereocenters. The molecule has 0 N–H and O–H groups in total. The fourth-order valence-electron chi connectivity index (χ4n) is 3.31. The molecule has 0 radical (unpaired) electrons. The van der Waals surface area contributed by atoms with E-state index >= 15 is 0 Å². The Morgan fingerprint density at radius 3 is 2.41 bits per heavy atom. The Morgan fingerprint density at radius 1 is 1.07 bits per heavy atom. The maximum absolute atomic E-state index is 12.6. The number of methoxy groups -OCH3 is 1. The predicted octanol–water partition coefficient (Wildman–Crippen LogP) is 2.69. The van der Waals surface area contributed by atoms with Gasteiger partial charge in [0.15, 0.2) is 0 Å². The third-order valence-electron chi connectivity index (χ3n) is 4.93. The maximum Gasteiger partial charge on any atom is 0.246 e. The molecule has 29 heavy (non-hydrogen) atoms. The van der Waals surface area contributed by atoms with Gasteiger partial charge in [-0.25, -0.2) is 8.42 Å². The molecular weight excluding hydrogens is 388 g/mol. The summed E-state index contributed by atoms with van der Waals surface area (Å²) in [5.41, 5.74) is 2.68. The molecule has 0 unspecified atom stereocenters. The second-order valence-electron chi connectivity index (χ2n) is 7.04. The van der Waals surface area contributed by atoms with Gasteiger partial charge in [-0.1, -0.05) is 42.0 Å². The van der Waals surface area contributed by atoms with Crippen LogP contribution in [0, 0.1) is 6.92 Å². The van der Waals surface area contributed by atoms with E-state index in [2.05, 4.69) is 0 Å². The number of hydrogen-bond acceptors (Lipinski definition) is 4. The number of carbonyl (C=O) groups excluding carboxylic acids is 1. The van der Waals surface area contributed by atoms with Gasteiger partial charge < -0.3 is 9.64 Å². The lowest BCUT2D eigenvalue weighted by Crippen LogP contribution is -2.50. The number of nitrogens with zero attached hydrogens (tertiary/aromatic N) is 2. The van der Waals surface area contributed by atoms with Crippen molar-refractivity contribution in [3.05, 3.63) is 71.3 Å². The molecule has 0 bridgehead atoms. The molecule has 1 heterocycles. The minimum Gasteiger partial charge on any atom is -0.496 e. The molecule has 6 nitrogen and oxygen atoms in total. The highest BCUT2D eigenvalue weighted by molar-refractivity contribution is 7.88. The van der Waals surface area contributed by atoms with E-state index in [0.29, 0.717) is 31.9 Å². The molecule has 0 aromatic heterocycles.